The molecule has 178 valence electrons. The molecule has 2 N–H and O–H groups in total. The van der Waals surface area contributed by atoms with E-state index in [1.165, 1.54) is 31.0 Å². The summed E-state index contributed by atoms with van der Waals surface area (Å²) >= 11 is 0. The van der Waals surface area contributed by atoms with Crippen LogP contribution in [-0.4, -0.2) is 47.8 Å². The van der Waals surface area contributed by atoms with Gasteiger partial charge in [-0.1, -0.05) is 12.1 Å². The molecule has 0 atom stereocenters. The minimum Gasteiger partial charge on any atom is -0.762 e. The Balaban J connectivity index is 1.73. The van der Waals surface area contributed by atoms with Gasteiger partial charge < -0.3 is 19.9 Å². The average molecular weight is 485 g/mol. The molecular weight excluding hydrogens is 462 g/mol. The molecule has 0 aliphatic rings. The number of ether oxygens (including phenoxy) is 2. The van der Waals surface area contributed by atoms with Gasteiger partial charge >= 0.3 is 0 Å². The van der Waals surface area contributed by atoms with Gasteiger partial charge in [0.1, 0.15) is 16.4 Å². The minimum absolute atomic E-state index is 0.0600. The third-order valence-corrected chi connectivity index (χ3v) is 6.54. The normalized spacial score (nSPS) is 11.8. The maximum absolute atomic E-state index is 13.4. The maximum atomic E-state index is 13.4. The van der Waals surface area contributed by atoms with Crippen LogP contribution in [0.1, 0.15) is 11.1 Å². The number of rotatable bonds is 9. The number of benzene rings is 2. The summed E-state index contributed by atoms with van der Waals surface area (Å²) in [5.74, 6) is 1.03. The highest BCUT2D eigenvalue weighted by atomic mass is 32.2. The molecule has 0 saturated carbocycles. The largest absolute Gasteiger partial charge is 0.762 e. The van der Waals surface area contributed by atoms with Crippen molar-refractivity contribution in [3.8, 4) is 17.2 Å². The molecule has 2 aromatic heterocycles. The van der Waals surface area contributed by atoms with Crippen molar-refractivity contribution in [2.45, 2.75) is 18.0 Å². The van der Waals surface area contributed by atoms with E-state index in [1.54, 1.807) is 42.7 Å². The third-order valence-electron chi connectivity index (χ3n) is 5.11. The minimum atomic E-state index is -4.09. The lowest BCUT2D eigenvalue weighted by molar-refractivity contribution is -0.0488. The highest BCUT2D eigenvalue weighted by Crippen LogP contribution is 2.27. The van der Waals surface area contributed by atoms with Crippen LogP contribution in [0.25, 0.3) is 16.7 Å². The summed E-state index contributed by atoms with van der Waals surface area (Å²) in [5, 5.41) is 25.1. The molecular formula is C22H22N5O6S-. The van der Waals surface area contributed by atoms with E-state index in [-0.39, 0.29) is 22.4 Å². The topological polar surface area (TPSA) is 142 Å². The van der Waals surface area contributed by atoms with Gasteiger partial charge in [0.05, 0.1) is 19.9 Å². The predicted molar refractivity (Wildman–Crippen MR) is 123 cm³/mol. The number of nitrogens with zero attached hydrogens (tertiary/aromatic N) is 4. The molecule has 0 amide bonds. The van der Waals surface area contributed by atoms with Crippen molar-refractivity contribution in [1.82, 2.24) is 24.7 Å². The molecule has 0 fully saturated rings. The van der Waals surface area contributed by atoms with E-state index in [2.05, 4.69) is 14.8 Å². The summed E-state index contributed by atoms with van der Waals surface area (Å²) in [4.78, 5) is 4.06. The van der Waals surface area contributed by atoms with Crippen molar-refractivity contribution in [3.63, 3.8) is 0 Å². The van der Waals surface area contributed by atoms with Crippen LogP contribution in [0.5, 0.6) is 11.5 Å². The van der Waals surface area contributed by atoms with Crippen LogP contribution in [0.3, 0.4) is 0 Å². The molecule has 0 radical (unpaired) electrons. The van der Waals surface area contributed by atoms with Gasteiger partial charge in [0, 0.05) is 42.5 Å². The van der Waals surface area contributed by atoms with Crippen LogP contribution in [0.15, 0.2) is 65.8 Å². The summed E-state index contributed by atoms with van der Waals surface area (Å²) in [6.07, 6.45) is 3.25. The molecule has 4 rings (SSSR count). The molecule has 0 bridgehead atoms. The molecule has 2 heterocycles. The molecule has 12 heteroatoms. The number of hydroxylamine groups is 2. The Morgan fingerprint density at radius 1 is 1.15 bits per heavy atom. The van der Waals surface area contributed by atoms with Crippen LogP contribution in [0.4, 0.5) is 0 Å². The zero-order valence-corrected chi connectivity index (χ0v) is 19.2. The Kier molecular flexibility index (Phi) is 6.77. The fourth-order valence-corrected chi connectivity index (χ4v) is 4.69. The second-order valence-electron chi connectivity index (χ2n) is 7.30. The summed E-state index contributed by atoms with van der Waals surface area (Å²) in [5.41, 5.74) is 1.61. The van der Waals surface area contributed by atoms with Crippen molar-refractivity contribution in [3.05, 3.63) is 77.3 Å². The smallest absolute Gasteiger partial charge is 0.243 e. The Morgan fingerprint density at radius 3 is 2.68 bits per heavy atom. The number of pyridine rings is 1. The van der Waals surface area contributed by atoms with Crippen LogP contribution in [0.2, 0.25) is 0 Å². The second-order valence-corrected chi connectivity index (χ2v) is 9.04. The van der Waals surface area contributed by atoms with Gasteiger partial charge in [0.25, 0.3) is 0 Å². The van der Waals surface area contributed by atoms with E-state index in [1.807, 2.05) is 6.07 Å². The molecule has 4 aromatic rings. The summed E-state index contributed by atoms with van der Waals surface area (Å²) in [7, 11) is -1.09. The Labute approximate surface area is 195 Å². The van der Waals surface area contributed by atoms with E-state index in [9.17, 15) is 13.6 Å². The fourth-order valence-electron chi connectivity index (χ4n) is 3.45. The Bertz CT molecular complexity index is 1390. The number of nitrogens with one attached hydrogen (secondary N) is 1. The van der Waals surface area contributed by atoms with Gasteiger partial charge in [-0.25, -0.2) is 22.8 Å². The Morgan fingerprint density at radius 2 is 1.97 bits per heavy atom. The third kappa shape index (κ3) is 5.00. The van der Waals surface area contributed by atoms with E-state index in [0.29, 0.717) is 28.3 Å². The molecule has 34 heavy (non-hydrogen) atoms. The molecule has 11 nitrogen and oxygen atoms in total. The molecule has 0 aliphatic carbocycles. The van der Waals surface area contributed by atoms with Gasteiger partial charge in [-0.2, -0.15) is 0 Å². The first kappa shape index (κ1) is 23.6. The monoisotopic (exact) mass is 484 g/mol. The lowest BCUT2D eigenvalue weighted by Gasteiger charge is -2.20. The van der Waals surface area contributed by atoms with Gasteiger partial charge in [0.15, 0.2) is 5.65 Å². The fraction of sp³-hybridized carbons (Fsp3) is 0.182. The number of aromatic nitrogens is 3. The van der Waals surface area contributed by atoms with Crippen LogP contribution in [0, 0.1) is 5.21 Å². The van der Waals surface area contributed by atoms with E-state index >= 15 is 0 Å². The zero-order valence-electron chi connectivity index (χ0n) is 18.4. The zero-order chi connectivity index (χ0) is 24.3. The van der Waals surface area contributed by atoms with E-state index in [0.717, 1.165) is 5.39 Å². The van der Waals surface area contributed by atoms with Crippen molar-refractivity contribution in [1.29, 1.82) is 0 Å². The summed E-state index contributed by atoms with van der Waals surface area (Å²) in [6.45, 7) is -0.465. The number of fused-ring (bicyclic) bond motifs is 1. The number of methoxy groups -OCH3 is 2. The standard InChI is InChI=1S/C22H22N5O6S/c1-32-18-7-6-16(20(11-18)33-2)12-24-34(30,31)21-10-15(13-27(28)29)5-8-19(21)26-14-17-4-3-9-23-22(17)25-26/h3-11,14,24,28H,12-13H2,1-2H3/q-1. The highest BCUT2D eigenvalue weighted by Gasteiger charge is 2.22. The number of sulfonamides is 1. The second kappa shape index (κ2) is 9.75. The SMILES string of the molecule is COc1ccc(CNS(=O)(=O)c2cc(CN([O-])O)ccc2-n2cc3cccnc3n2)c(OC)c1. The first-order chi connectivity index (χ1) is 16.3. The average Bonchev–Trinajstić information content (AvgIpc) is 3.26. The van der Waals surface area contributed by atoms with Crippen LogP contribution < -0.4 is 14.2 Å². The van der Waals surface area contributed by atoms with Crippen molar-refractivity contribution in [2.24, 2.45) is 0 Å². The number of hydrogen-bond donors (Lipinski definition) is 2. The molecule has 0 spiro atoms. The van der Waals surface area contributed by atoms with E-state index < -0.39 is 16.6 Å². The predicted octanol–water partition coefficient (Wildman–Crippen LogP) is 2.61. The van der Waals surface area contributed by atoms with Crippen molar-refractivity contribution >= 4 is 21.1 Å². The van der Waals surface area contributed by atoms with Crippen molar-refractivity contribution < 1.29 is 23.1 Å². The lowest BCUT2D eigenvalue weighted by atomic mass is 10.2. The molecule has 0 unspecified atom stereocenters. The molecule has 0 aliphatic heterocycles. The quantitative estimate of drug-likeness (QED) is 0.343. The molecule has 2 aromatic carbocycles. The van der Waals surface area contributed by atoms with Crippen LogP contribution >= 0.6 is 0 Å². The lowest BCUT2D eigenvalue weighted by Crippen LogP contribution is -2.25. The maximum Gasteiger partial charge on any atom is 0.243 e. The van der Waals surface area contributed by atoms with E-state index in [4.69, 9.17) is 14.7 Å². The highest BCUT2D eigenvalue weighted by molar-refractivity contribution is 7.89. The summed E-state index contributed by atoms with van der Waals surface area (Å²) < 4.78 is 41.3. The molecule has 0 saturated heterocycles. The van der Waals surface area contributed by atoms with Crippen molar-refractivity contribution in [2.75, 3.05) is 14.2 Å². The first-order valence-corrected chi connectivity index (χ1v) is 11.6. The number of hydrogen-bond acceptors (Lipinski definition) is 9. The van der Waals surface area contributed by atoms with Crippen LogP contribution in [-0.2, 0) is 23.1 Å². The van der Waals surface area contributed by atoms with Gasteiger partial charge in [-0.3, -0.25) is 5.23 Å². The van der Waals surface area contributed by atoms with Gasteiger partial charge in [-0.05, 0) is 35.9 Å². The van der Waals surface area contributed by atoms with Gasteiger partial charge in [0.2, 0.25) is 10.0 Å². The van der Waals surface area contributed by atoms with Gasteiger partial charge in [-0.15, -0.1) is 5.10 Å². The first-order valence-electron chi connectivity index (χ1n) is 10.1. The Hall–Kier alpha value is -3.55. The summed E-state index contributed by atoms with van der Waals surface area (Å²) in [6, 6.07) is 13.0.